The first kappa shape index (κ1) is 13.0. The molecule has 1 amide bonds. The minimum atomic E-state index is -1.21. The van der Waals surface area contributed by atoms with Gasteiger partial charge in [0.1, 0.15) is 11.8 Å². The Hall–Kier alpha value is -2.44. The number of nitrogens with two attached hydrogens (primary N) is 1. The Balaban J connectivity index is 2.42. The lowest BCUT2D eigenvalue weighted by Crippen LogP contribution is -2.48. The number of esters is 1. The highest BCUT2D eigenvalue weighted by Crippen LogP contribution is 2.31. The predicted molar refractivity (Wildman–Crippen MR) is 65.6 cm³/mol. The molecule has 1 heterocycles. The molecule has 0 fully saturated rings. The Morgan fingerprint density at radius 3 is 2.68 bits per heavy atom. The van der Waals surface area contributed by atoms with Crippen LogP contribution in [-0.2, 0) is 22.5 Å². The van der Waals surface area contributed by atoms with E-state index in [4.69, 9.17) is 10.8 Å². The second-order valence-corrected chi connectivity index (χ2v) is 4.33. The molecular weight excluding hydrogens is 252 g/mol. The molecule has 1 aromatic carbocycles. The molecule has 0 spiro atoms. The molecule has 0 unspecified atom stereocenters. The van der Waals surface area contributed by atoms with Gasteiger partial charge in [-0.05, 0) is 23.3 Å². The molecule has 0 radical (unpaired) electrons. The average Bonchev–Trinajstić information content (AvgIpc) is 2.37. The Morgan fingerprint density at radius 1 is 1.42 bits per heavy atom. The van der Waals surface area contributed by atoms with Gasteiger partial charge >= 0.3 is 12.1 Å². The summed E-state index contributed by atoms with van der Waals surface area (Å²) < 4.78 is 4.61. The van der Waals surface area contributed by atoms with E-state index in [2.05, 4.69) is 4.74 Å². The molecule has 0 aliphatic carbocycles. The second kappa shape index (κ2) is 4.68. The van der Waals surface area contributed by atoms with E-state index in [1.807, 2.05) is 0 Å². The zero-order valence-electron chi connectivity index (χ0n) is 10.3. The van der Waals surface area contributed by atoms with E-state index in [-0.39, 0.29) is 24.4 Å². The number of benzene rings is 1. The summed E-state index contributed by atoms with van der Waals surface area (Å²) in [4.78, 5) is 23.8. The van der Waals surface area contributed by atoms with E-state index < -0.39 is 18.1 Å². The first-order valence-corrected chi connectivity index (χ1v) is 5.61. The van der Waals surface area contributed by atoms with Gasteiger partial charge in [0.05, 0.1) is 19.3 Å². The number of phenolic OH excluding ortho intramolecular Hbond substituents is 1. The van der Waals surface area contributed by atoms with Gasteiger partial charge in [-0.2, -0.15) is 0 Å². The van der Waals surface area contributed by atoms with Crippen LogP contribution in [-0.4, -0.2) is 40.3 Å². The third kappa shape index (κ3) is 2.26. The normalized spacial score (nSPS) is 17.7. The SMILES string of the molecule is COC(=O)[C@@H]1Cc2cc(N)c(O)cc2CN1C(=O)O. The molecule has 0 saturated carbocycles. The van der Waals surface area contributed by atoms with Crippen LogP contribution in [0.5, 0.6) is 5.75 Å². The van der Waals surface area contributed by atoms with Gasteiger partial charge in [-0.1, -0.05) is 0 Å². The van der Waals surface area contributed by atoms with Crippen LogP contribution < -0.4 is 5.73 Å². The number of rotatable bonds is 1. The summed E-state index contributed by atoms with van der Waals surface area (Å²) in [5.41, 5.74) is 7.17. The average molecular weight is 266 g/mol. The number of phenols is 1. The minimum Gasteiger partial charge on any atom is -0.506 e. The van der Waals surface area contributed by atoms with Gasteiger partial charge in [0.25, 0.3) is 0 Å². The molecule has 0 aromatic heterocycles. The van der Waals surface area contributed by atoms with Crippen LogP contribution in [0.4, 0.5) is 10.5 Å². The van der Waals surface area contributed by atoms with Crippen LogP contribution in [0.2, 0.25) is 0 Å². The zero-order chi connectivity index (χ0) is 14.2. The Kier molecular flexibility index (Phi) is 3.20. The van der Waals surface area contributed by atoms with Crippen LogP contribution in [0.3, 0.4) is 0 Å². The fraction of sp³-hybridized carbons (Fsp3) is 0.333. The van der Waals surface area contributed by atoms with Crippen molar-refractivity contribution in [2.45, 2.75) is 19.0 Å². The number of hydrogen-bond donors (Lipinski definition) is 3. The number of carbonyl (C=O) groups is 2. The van der Waals surface area contributed by atoms with Gasteiger partial charge in [-0.15, -0.1) is 0 Å². The van der Waals surface area contributed by atoms with E-state index in [1.165, 1.54) is 13.2 Å². The summed E-state index contributed by atoms with van der Waals surface area (Å²) in [5, 5.41) is 18.7. The van der Waals surface area contributed by atoms with E-state index in [0.717, 1.165) is 10.5 Å². The number of amides is 1. The quantitative estimate of drug-likeness (QED) is 0.388. The van der Waals surface area contributed by atoms with Gasteiger partial charge in [-0.25, -0.2) is 9.59 Å². The number of nitrogens with zero attached hydrogens (tertiary/aromatic N) is 1. The number of aromatic hydroxyl groups is 1. The molecule has 7 heteroatoms. The van der Waals surface area contributed by atoms with Gasteiger partial charge in [-0.3, -0.25) is 4.90 Å². The molecule has 7 nitrogen and oxygen atoms in total. The topological polar surface area (TPSA) is 113 Å². The van der Waals surface area contributed by atoms with Gasteiger partial charge in [0, 0.05) is 6.42 Å². The molecule has 1 aliphatic rings. The Bertz CT molecular complexity index is 543. The van der Waals surface area contributed by atoms with Crippen molar-refractivity contribution in [2.24, 2.45) is 0 Å². The van der Waals surface area contributed by atoms with Crippen LogP contribution in [0, 0.1) is 0 Å². The molecule has 0 saturated heterocycles. The number of fused-ring (bicyclic) bond motifs is 1. The van der Waals surface area contributed by atoms with E-state index >= 15 is 0 Å². The second-order valence-electron chi connectivity index (χ2n) is 4.33. The summed E-state index contributed by atoms with van der Waals surface area (Å²) in [5.74, 6) is -0.708. The Morgan fingerprint density at radius 2 is 2.11 bits per heavy atom. The van der Waals surface area contributed by atoms with Crippen LogP contribution in [0.1, 0.15) is 11.1 Å². The van der Waals surface area contributed by atoms with Crippen molar-refractivity contribution in [3.63, 3.8) is 0 Å². The van der Waals surface area contributed by atoms with Gasteiger partial charge in [0.2, 0.25) is 0 Å². The third-order valence-corrected chi connectivity index (χ3v) is 3.20. The maximum Gasteiger partial charge on any atom is 0.408 e. The lowest BCUT2D eigenvalue weighted by atomic mass is 9.93. The standard InChI is InChI=1S/C12H14N2O5/c1-19-11(16)9-3-6-2-8(13)10(15)4-7(6)5-14(9)12(17)18/h2,4,9,15H,3,5,13H2,1H3,(H,17,18)/t9-/m0/s1. The lowest BCUT2D eigenvalue weighted by molar-refractivity contribution is -0.146. The van der Waals surface area contributed by atoms with E-state index in [0.29, 0.717) is 5.56 Å². The highest BCUT2D eigenvalue weighted by Gasteiger charge is 2.35. The van der Waals surface area contributed by atoms with Crippen molar-refractivity contribution in [1.82, 2.24) is 4.90 Å². The number of carboxylic acid groups (broad SMARTS) is 1. The third-order valence-electron chi connectivity index (χ3n) is 3.20. The smallest absolute Gasteiger partial charge is 0.408 e. The van der Waals surface area contributed by atoms with Crippen molar-refractivity contribution in [2.75, 3.05) is 12.8 Å². The van der Waals surface area contributed by atoms with Gasteiger partial charge < -0.3 is 20.7 Å². The van der Waals surface area contributed by atoms with Crippen molar-refractivity contribution in [3.8, 4) is 5.75 Å². The van der Waals surface area contributed by atoms with Gasteiger partial charge in [0.15, 0.2) is 0 Å². The number of carbonyl (C=O) groups excluding carboxylic acids is 1. The molecular formula is C12H14N2O5. The predicted octanol–water partition coefficient (Wildman–Crippen LogP) is 0.552. The van der Waals surface area contributed by atoms with E-state index in [9.17, 15) is 14.7 Å². The molecule has 1 aromatic rings. The van der Waals surface area contributed by atoms with E-state index in [1.54, 1.807) is 6.07 Å². The number of ether oxygens (including phenoxy) is 1. The summed E-state index contributed by atoms with van der Waals surface area (Å²) in [7, 11) is 1.21. The molecule has 1 aliphatic heterocycles. The zero-order valence-corrected chi connectivity index (χ0v) is 10.3. The summed E-state index contributed by atoms with van der Waals surface area (Å²) in [6, 6.07) is 2.09. The molecule has 19 heavy (non-hydrogen) atoms. The van der Waals surface area contributed by atoms with Crippen LogP contribution >= 0.6 is 0 Å². The minimum absolute atomic E-state index is 0.0122. The number of nitrogen functional groups attached to an aromatic ring is 1. The van der Waals surface area contributed by atoms with Crippen molar-refractivity contribution in [1.29, 1.82) is 0 Å². The lowest BCUT2D eigenvalue weighted by Gasteiger charge is -2.33. The maximum atomic E-state index is 11.6. The molecule has 102 valence electrons. The summed E-state index contributed by atoms with van der Waals surface area (Å²) in [6.45, 7) is 0.0122. The van der Waals surface area contributed by atoms with Crippen LogP contribution in [0.25, 0.3) is 0 Å². The maximum absolute atomic E-state index is 11.6. The fourth-order valence-corrected chi connectivity index (χ4v) is 2.19. The fourth-order valence-electron chi connectivity index (χ4n) is 2.19. The molecule has 4 N–H and O–H groups in total. The summed E-state index contributed by atoms with van der Waals surface area (Å²) in [6.07, 6.45) is -1.03. The molecule has 1 atom stereocenters. The molecule has 2 rings (SSSR count). The number of anilines is 1. The first-order valence-electron chi connectivity index (χ1n) is 5.61. The Labute approximate surface area is 109 Å². The highest BCUT2D eigenvalue weighted by atomic mass is 16.5. The number of hydrogen-bond acceptors (Lipinski definition) is 5. The highest BCUT2D eigenvalue weighted by molar-refractivity contribution is 5.82. The number of methoxy groups -OCH3 is 1. The van der Waals surface area contributed by atoms with Crippen molar-refractivity contribution in [3.05, 3.63) is 23.3 Å². The first-order chi connectivity index (χ1) is 8.93. The molecule has 0 bridgehead atoms. The monoisotopic (exact) mass is 266 g/mol. The van der Waals surface area contributed by atoms with Crippen molar-refractivity contribution < 1.29 is 24.5 Å². The summed E-state index contributed by atoms with van der Waals surface area (Å²) >= 11 is 0. The van der Waals surface area contributed by atoms with Crippen molar-refractivity contribution >= 4 is 17.7 Å². The largest absolute Gasteiger partial charge is 0.506 e. The van der Waals surface area contributed by atoms with Crippen LogP contribution in [0.15, 0.2) is 12.1 Å².